The van der Waals surface area contributed by atoms with E-state index >= 15 is 0 Å². The first-order chi connectivity index (χ1) is 15.2. The third-order valence-corrected chi connectivity index (χ3v) is 5.60. The van der Waals surface area contributed by atoms with E-state index in [-0.39, 0.29) is 46.5 Å². The summed E-state index contributed by atoms with van der Waals surface area (Å²) >= 11 is 0. The van der Waals surface area contributed by atoms with Gasteiger partial charge in [0, 0.05) is 12.1 Å². The Morgan fingerprint density at radius 3 is 2.44 bits per heavy atom. The summed E-state index contributed by atoms with van der Waals surface area (Å²) in [5, 5.41) is 50.2. The molecule has 2 aromatic carbocycles. The lowest BCUT2D eigenvalue weighted by Crippen LogP contribution is -2.58. The molecule has 3 unspecified atom stereocenters. The van der Waals surface area contributed by atoms with Crippen LogP contribution in [-0.2, 0) is 4.74 Å². The minimum Gasteiger partial charge on any atom is -0.508 e. The monoisotopic (exact) mass is 448 g/mol. The van der Waals surface area contributed by atoms with Gasteiger partial charge in [0.15, 0.2) is 17.3 Å². The predicted octanol–water partition coefficient (Wildman–Crippen LogP) is 1.02. The van der Waals surface area contributed by atoms with E-state index in [4.69, 9.17) is 18.9 Å². The van der Waals surface area contributed by atoms with Crippen molar-refractivity contribution in [1.82, 2.24) is 0 Å². The van der Waals surface area contributed by atoms with Gasteiger partial charge in [-0.2, -0.15) is 0 Å². The number of carbonyl (C=O) groups is 1. The summed E-state index contributed by atoms with van der Waals surface area (Å²) in [6.45, 7) is 1.50. The largest absolute Gasteiger partial charge is 0.508 e. The standard InChI is InChI=1S/C22H24O10/c1-9-19(26)20(27)21(28)22(30-9)32-17-7-11(23)6-16-18(17)13(25)8-15(31-16)10-3-4-14(29-2)12(24)5-10/h3-7,9,15,19-24,26-28H,8H2,1-2H3/t9?,15?,19-,20?,21-,22-/m0/s1. The number of phenols is 2. The Balaban J connectivity index is 1.63. The lowest BCUT2D eigenvalue weighted by molar-refractivity contribution is -0.268. The highest BCUT2D eigenvalue weighted by Crippen LogP contribution is 2.44. The summed E-state index contributed by atoms with van der Waals surface area (Å²) in [5.74, 6) is -0.497. The van der Waals surface area contributed by atoms with Crippen LogP contribution in [0.25, 0.3) is 0 Å². The quantitative estimate of drug-likeness (QED) is 0.458. The summed E-state index contributed by atoms with van der Waals surface area (Å²) in [5.41, 5.74) is 0.575. The maximum Gasteiger partial charge on any atom is 0.229 e. The first kappa shape index (κ1) is 22.2. The molecular weight excluding hydrogens is 424 g/mol. The zero-order chi connectivity index (χ0) is 23.2. The van der Waals surface area contributed by atoms with Gasteiger partial charge in [0.1, 0.15) is 47.2 Å². The van der Waals surface area contributed by atoms with Crippen LogP contribution >= 0.6 is 0 Å². The summed E-state index contributed by atoms with van der Waals surface area (Å²) in [6, 6.07) is 7.07. The van der Waals surface area contributed by atoms with Crippen molar-refractivity contribution in [2.45, 2.75) is 50.2 Å². The number of hydrogen-bond donors (Lipinski definition) is 5. The Kier molecular flexibility index (Phi) is 5.87. The average Bonchev–Trinajstić information content (AvgIpc) is 2.75. The molecule has 2 aliphatic rings. The molecule has 2 aromatic rings. The van der Waals surface area contributed by atoms with Crippen LogP contribution in [0.1, 0.15) is 35.4 Å². The summed E-state index contributed by atoms with van der Waals surface area (Å²) in [7, 11) is 1.42. The number of methoxy groups -OCH3 is 1. The Labute approximate surface area is 183 Å². The second-order valence-electron chi connectivity index (χ2n) is 7.78. The summed E-state index contributed by atoms with van der Waals surface area (Å²) in [6.07, 6.45) is -7.45. The van der Waals surface area contributed by atoms with Gasteiger partial charge >= 0.3 is 0 Å². The van der Waals surface area contributed by atoms with Crippen LogP contribution in [0.15, 0.2) is 30.3 Å². The maximum atomic E-state index is 13.0. The number of hydrogen-bond acceptors (Lipinski definition) is 10. The molecule has 10 heteroatoms. The van der Waals surface area contributed by atoms with Gasteiger partial charge in [-0.05, 0) is 24.6 Å². The number of carbonyl (C=O) groups excluding carboxylic acids is 1. The van der Waals surface area contributed by atoms with Gasteiger partial charge in [0.05, 0.1) is 19.6 Å². The van der Waals surface area contributed by atoms with Gasteiger partial charge in [0.2, 0.25) is 6.29 Å². The lowest BCUT2D eigenvalue weighted by atomic mass is 9.95. The third-order valence-electron chi connectivity index (χ3n) is 5.60. The van der Waals surface area contributed by atoms with E-state index in [0.717, 1.165) is 0 Å². The van der Waals surface area contributed by atoms with Crippen molar-refractivity contribution in [1.29, 1.82) is 0 Å². The number of benzene rings is 2. The Hall–Kier alpha value is -3.05. The minimum atomic E-state index is -1.59. The summed E-state index contributed by atoms with van der Waals surface area (Å²) < 4.78 is 22.0. The molecule has 5 N–H and O–H groups in total. The Morgan fingerprint density at radius 2 is 1.75 bits per heavy atom. The van der Waals surface area contributed by atoms with Gasteiger partial charge in [-0.15, -0.1) is 0 Å². The highest BCUT2D eigenvalue weighted by Gasteiger charge is 2.44. The molecule has 1 saturated heterocycles. The maximum absolute atomic E-state index is 13.0. The first-order valence-corrected chi connectivity index (χ1v) is 9.99. The molecule has 0 aromatic heterocycles. The molecule has 0 radical (unpaired) electrons. The van der Waals surface area contributed by atoms with Gasteiger partial charge in [-0.25, -0.2) is 0 Å². The molecule has 10 nitrogen and oxygen atoms in total. The number of rotatable bonds is 4. The van der Waals surface area contributed by atoms with E-state index in [0.29, 0.717) is 5.56 Å². The molecule has 0 saturated carbocycles. The van der Waals surface area contributed by atoms with E-state index in [1.807, 2.05) is 0 Å². The van der Waals surface area contributed by atoms with E-state index in [9.17, 15) is 30.3 Å². The number of Topliss-reactive ketones (excluding diaryl/α,β-unsaturated/α-hetero) is 1. The van der Waals surface area contributed by atoms with Crippen LogP contribution in [0.2, 0.25) is 0 Å². The molecule has 0 bridgehead atoms. The topological polar surface area (TPSA) is 155 Å². The predicted molar refractivity (Wildman–Crippen MR) is 108 cm³/mol. The normalized spacial score (nSPS) is 29.7. The molecule has 1 fully saturated rings. The van der Waals surface area contributed by atoms with E-state index in [2.05, 4.69) is 0 Å². The second-order valence-corrected chi connectivity index (χ2v) is 7.78. The number of ether oxygens (including phenoxy) is 4. The molecule has 4 rings (SSSR count). The van der Waals surface area contributed by atoms with Crippen molar-refractivity contribution in [3.63, 3.8) is 0 Å². The molecule has 172 valence electrons. The van der Waals surface area contributed by atoms with Crippen LogP contribution < -0.4 is 14.2 Å². The van der Waals surface area contributed by atoms with Crippen molar-refractivity contribution in [2.24, 2.45) is 0 Å². The number of fused-ring (bicyclic) bond motifs is 1. The molecule has 2 aliphatic heterocycles. The van der Waals surface area contributed by atoms with Gasteiger partial charge in [0.25, 0.3) is 0 Å². The van der Waals surface area contributed by atoms with Gasteiger partial charge in [-0.1, -0.05) is 6.07 Å². The van der Waals surface area contributed by atoms with Gasteiger partial charge in [-0.3, -0.25) is 4.79 Å². The lowest BCUT2D eigenvalue weighted by Gasteiger charge is -2.39. The number of aliphatic hydroxyl groups is 3. The molecule has 0 spiro atoms. The highest BCUT2D eigenvalue weighted by atomic mass is 16.7. The fraction of sp³-hybridized carbons (Fsp3) is 0.409. The van der Waals surface area contributed by atoms with Crippen LogP contribution in [0.5, 0.6) is 28.7 Å². The fourth-order valence-electron chi connectivity index (χ4n) is 3.83. The first-order valence-electron chi connectivity index (χ1n) is 9.99. The van der Waals surface area contributed by atoms with E-state index < -0.39 is 36.8 Å². The van der Waals surface area contributed by atoms with E-state index in [1.165, 1.54) is 32.2 Å². The van der Waals surface area contributed by atoms with E-state index in [1.54, 1.807) is 12.1 Å². The highest BCUT2D eigenvalue weighted by molar-refractivity contribution is 6.02. The average molecular weight is 448 g/mol. The number of ketones is 1. The zero-order valence-corrected chi connectivity index (χ0v) is 17.3. The van der Waals surface area contributed by atoms with Crippen molar-refractivity contribution in [2.75, 3.05) is 7.11 Å². The van der Waals surface area contributed by atoms with Crippen molar-refractivity contribution in [3.8, 4) is 28.7 Å². The Bertz CT molecular complexity index is 1020. The minimum absolute atomic E-state index is 0.0425. The van der Waals surface area contributed by atoms with Crippen LogP contribution in [-0.4, -0.2) is 69.1 Å². The number of aromatic hydroxyl groups is 2. The molecule has 0 aliphatic carbocycles. The molecule has 0 amide bonds. The second kappa shape index (κ2) is 8.47. The van der Waals surface area contributed by atoms with Crippen molar-refractivity contribution in [3.05, 3.63) is 41.5 Å². The molecule has 6 atom stereocenters. The molecule has 2 heterocycles. The number of aliphatic hydroxyl groups excluding tert-OH is 3. The van der Waals surface area contributed by atoms with Crippen LogP contribution in [0.3, 0.4) is 0 Å². The molecule has 32 heavy (non-hydrogen) atoms. The Morgan fingerprint density at radius 1 is 1.00 bits per heavy atom. The van der Waals surface area contributed by atoms with Crippen LogP contribution in [0.4, 0.5) is 0 Å². The van der Waals surface area contributed by atoms with Crippen molar-refractivity contribution >= 4 is 5.78 Å². The number of phenolic OH excluding ortho intramolecular Hbond substituents is 2. The molecular formula is C22H24O10. The van der Waals surface area contributed by atoms with Gasteiger partial charge < -0.3 is 44.5 Å². The SMILES string of the molecule is COc1ccc(C2CC(=O)c3c(cc(O)cc3O[C@@H]3OC(C)[C@H](O)C(O)[C@@H]3O)O2)cc1O. The zero-order valence-electron chi connectivity index (χ0n) is 17.3. The smallest absolute Gasteiger partial charge is 0.229 e. The summed E-state index contributed by atoms with van der Waals surface area (Å²) in [4.78, 5) is 13.0. The van der Waals surface area contributed by atoms with Crippen molar-refractivity contribution < 1.29 is 49.3 Å². The third kappa shape index (κ3) is 3.93. The van der Waals surface area contributed by atoms with Crippen LogP contribution in [0, 0.1) is 0 Å². The fourth-order valence-corrected chi connectivity index (χ4v) is 3.83.